The van der Waals surface area contributed by atoms with E-state index in [1.165, 1.54) is 60.7 Å². The lowest BCUT2D eigenvalue weighted by Crippen LogP contribution is -2.17. The molecule has 0 spiro atoms. The first-order chi connectivity index (χ1) is 22.8. The molecule has 214 valence electrons. The second-order valence-corrected chi connectivity index (χ2v) is 12.2. The molecule has 46 heavy (non-hydrogen) atoms. The third-order valence-corrected chi connectivity index (χ3v) is 9.80. The average Bonchev–Trinajstić information content (AvgIpc) is 3.77. The van der Waals surface area contributed by atoms with Crippen molar-refractivity contribution in [3.63, 3.8) is 0 Å². The molecule has 4 heteroatoms. The topological polar surface area (TPSA) is 26.2 Å². The van der Waals surface area contributed by atoms with E-state index in [1.54, 1.807) is 0 Å². The summed E-state index contributed by atoms with van der Waals surface area (Å²) in [7, 11) is 0. The third-order valence-electron chi connectivity index (χ3n) is 9.80. The van der Waals surface area contributed by atoms with Gasteiger partial charge in [0.25, 0.3) is 0 Å². The highest BCUT2D eigenvalue weighted by molar-refractivity contribution is 6.30. The zero-order valence-corrected chi connectivity index (χ0v) is 24.7. The van der Waals surface area contributed by atoms with Gasteiger partial charge in [0, 0.05) is 49.8 Å². The molecule has 0 N–H and O–H groups in total. The first-order valence-electron chi connectivity index (χ1n) is 15.7. The van der Waals surface area contributed by atoms with Gasteiger partial charge in [-0.2, -0.15) is 0 Å². The van der Waals surface area contributed by atoms with Gasteiger partial charge in [0.2, 0.25) is 0 Å². The minimum atomic E-state index is 0.899. The largest absolute Gasteiger partial charge is 0.456 e. The van der Waals surface area contributed by atoms with Crippen LogP contribution in [0.15, 0.2) is 156 Å². The number of fused-ring (bicyclic) bond motifs is 12. The molecule has 0 radical (unpaired) electrons. The Morgan fingerprint density at radius 1 is 0.370 bits per heavy atom. The van der Waals surface area contributed by atoms with Crippen molar-refractivity contribution in [1.29, 1.82) is 0 Å². The molecule has 0 saturated heterocycles. The normalized spacial score (nSPS) is 12.7. The van der Waals surface area contributed by atoms with Crippen molar-refractivity contribution in [1.82, 2.24) is 9.13 Å². The number of anilines is 3. The lowest BCUT2D eigenvalue weighted by molar-refractivity contribution is 0.668. The molecule has 1 aliphatic rings. The van der Waals surface area contributed by atoms with E-state index in [4.69, 9.17) is 4.42 Å². The molecule has 11 rings (SSSR count). The first kappa shape index (κ1) is 24.1. The van der Waals surface area contributed by atoms with Gasteiger partial charge in [0.05, 0.1) is 39.1 Å². The Kier molecular flexibility index (Phi) is 4.55. The van der Waals surface area contributed by atoms with Gasteiger partial charge in [-0.25, -0.2) is 0 Å². The predicted octanol–water partition coefficient (Wildman–Crippen LogP) is 11.6. The highest BCUT2D eigenvalue weighted by Gasteiger charge is 2.29. The molecule has 10 aromatic rings. The Hall–Kier alpha value is -6.26. The summed E-state index contributed by atoms with van der Waals surface area (Å²) in [6.07, 6.45) is 0. The first-order valence-corrected chi connectivity index (χ1v) is 15.7. The van der Waals surface area contributed by atoms with Crippen molar-refractivity contribution in [2.45, 2.75) is 0 Å². The molecule has 0 aliphatic carbocycles. The fraction of sp³-hybridized carbons (Fsp3) is 0. The van der Waals surface area contributed by atoms with Crippen LogP contribution in [0.1, 0.15) is 0 Å². The summed E-state index contributed by atoms with van der Waals surface area (Å²) in [5, 5.41) is 7.32. The molecule has 7 aromatic carbocycles. The lowest BCUT2D eigenvalue weighted by atomic mass is 10.0. The van der Waals surface area contributed by atoms with E-state index in [1.807, 2.05) is 12.1 Å². The van der Waals surface area contributed by atoms with Gasteiger partial charge in [-0.3, -0.25) is 0 Å². The Morgan fingerprint density at radius 2 is 1.02 bits per heavy atom. The summed E-state index contributed by atoms with van der Waals surface area (Å²) in [4.78, 5) is 2.40. The maximum Gasteiger partial charge on any atom is 0.137 e. The number of benzene rings is 7. The lowest BCUT2D eigenvalue weighted by Gasteiger charge is -2.33. The van der Waals surface area contributed by atoms with Crippen molar-refractivity contribution in [3.05, 3.63) is 152 Å². The number of aromatic nitrogens is 2. The van der Waals surface area contributed by atoms with Crippen molar-refractivity contribution >= 4 is 82.6 Å². The highest BCUT2D eigenvalue weighted by atomic mass is 16.3. The Balaban J connectivity index is 1.27. The molecule has 0 atom stereocenters. The molecule has 0 bridgehead atoms. The summed E-state index contributed by atoms with van der Waals surface area (Å²) in [6.45, 7) is 0. The summed E-state index contributed by atoms with van der Waals surface area (Å²) in [6, 6.07) is 54.5. The van der Waals surface area contributed by atoms with Gasteiger partial charge in [-0.15, -0.1) is 0 Å². The number of furan rings is 1. The summed E-state index contributed by atoms with van der Waals surface area (Å²) >= 11 is 0. The van der Waals surface area contributed by atoms with Gasteiger partial charge in [0.1, 0.15) is 11.2 Å². The van der Waals surface area contributed by atoms with E-state index in [0.717, 1.165) is 33.3 Å². The molecule has 0 saturated carbocycles. The van der Waals surface area contributed by atoms with Crippen molar-refractivity contribution in [3.8, 4) is 11.4 Å². The maximum atomic E-state index is 6.34. The van der Waals surface area contributed by atoms with Crippen LogP contribution < -0.4 is 4.90 Å². The molecule has 4 heterocycles. The highest BCUT2D eigenvalue weighted by Crippen LogP contribution is 2.51. The minimum Gasteiger partial charge on any atom is -0.456 e. The van der Waals surface area contributed by atoms with Crippen molar-refractivity contribution in [2.24, 2.45) is 0 Å². The van der Waals surface area contributed by atoms with Crippen LogP contribution in [0, 0.1) is 0 Å². The molecule has 3 aromatic heterocycles. The second-order valence-electron chi connectivity index (χ2n) is 12.2. The van der Waals surface area contributed by atoms with E-state index in [9.17, 15) is 0 Å². The molecule has 0 unspecified atom stereocenters. The van der Waals surface area contributed by atoms with Crippen LogP contribution in [0.2, 0.25) is 0 Å². The summed E-state index contributed by atoms with van der Waals surface area (Å²) in [5.41, 5.74) is 12.4. The van der Waals surface area contributed by atoms with Gasteiger partial charge in [-0.1, -0.05) is 78.9 Å². The van der Waals surface area contributed by atoms with Crippen molar-refractivity contribution in [2.75, 3.05) is 4.90 Å². The molecule has 0 amide bonds. The third kappa shape index (κ3) is 2.98. The standard InChI is InChI=1S/C42H25N3O/c1-2-11-26(12-3-1)43-33-17-7-8-18-34(33)45-36-24-23-35-40(41(36)31-15-10-19-37(43)42(31)45)30-14-4-6-16-32(30)44(35)27-21-22-29-28-13-5-9-20-38(28)46-39(29)25-27/h1-25H. The Morgan fingerprint density at radius 3 is 1.91 bits per heavy atom. The van der Waals surface area contributed by atoms with Crippen LogP contribution in [-0.4, -0.2) is 9.13 Å². The van der Waals surface area contributed by atoms with Crippen molar-refractivity contribution < 1.29 is 4.42 Å². The van der Waals surface area contributed by atoms with Crippen LogP contribution in [-0.2, 0) is 0 Å². The molecular formula is C42H25N3O. The number of hydrogen-bond donors (Lipinski definition) is 0. The molecule has 4 nitrogen and oxygen atoms in total. The number of nitrogens with zero attached hydrogens (tertiary/aromatic N) is 3. The molecular weight excluding hydrogens is 562 g/mol. The van der Waals surface area contributed by atoms with E-state index in [-0.39, 0.29) is 0 Å². The monoisotopic (exact) mass is 587 g/mol. The summed E-state index contributed by atoms with van der Waals surface area (Å²) < 4.78 is 11.2. The second kappa shape index (κ2) is 8.68. The Labute approximate surface area is 263 Å². The minimum absolute atomic E-state index is 0.899. The molecule has 1 aliphatic heterocycles. The van der Waals surface area contributed by atoms with Gasteiger partial charge in [-0.05, 0) is 66.7 Å². The van der Waals surface area contributed by atoms with Crippen LogP contribution in [0.5, 0.6) is 0 Å². The zero-order chi connectivity index (χ0) is 29.9. The smallest absolute Gasteiger partial charge is 0.137 e. The molecule has 0 fully saturated rings. The summed E-state index contributed by atoms with van der Waals surface area (Å²) in [5.74, 6) is 0. The van der Waals surface area contributed by atoms with E-state index >= 15 is 0 Å². The average molecular weight is 588 g/mol. The fourth-order valence-corrected chi connectivity index (χ4v) is 7.99. The SMILES string of the molecule is c1ccc(N2c3ccccc3-n3c4ccc5c(c6ccccc6n5-c5ccc6c(c5)oc5ccccc56)c4c4cccc2c43)cc1. The van der Waals surface area contributed by atoms with Gasteiger partial charge in [0.15, 0.2) is 0 Å². The van der Waals surface area contributed by atoms with E-state index in [2.05, 4.69) is 154 Å². The van der Waals surface area contributed by atoms with Gasteiger partial charge >= 0.3 is 0 Å². The van der Waals surface area contributed by atoms with Gasteiger partial charge < -0.3 is 18.5 Å². The Bertz CT molecular complexity index is 2870. The predicted molar refractivity (Wildman–Crippen MR) is 191 cm³/mol. The number of hydrogen-bond acceptors (Lipinski definition) is 2. The van der Waals surface area contributed by atoms with E-state index < -0.39 is 0 Å². The van der Waals surface area contributed by atoms with Crippen LogP contribution in [0.3, 0.4) is 0 Å². The van der Waals surface area contributed by atoms with E-state index in [0.29, 0.717) is 0 Å². The maximum absolute atomic E-state index is 6.34. The number of para-hydroxylation sites is 6. The quantitative estimate of drug-likeness (QED) is 0.201. The van der Waals surface area contributed by atoms with Crippen LogP contribution in [0.4, 0.5) is 17.1 Å². The zero-order valence-electron chi connectivity index (χ0n) is 24.7. The van der Waals surface area contributed by atoms with Crippen LogP contribution in [0.25, 0.3) is 76.9 Å². The number of rotatable bonds is 2. The van der Waals surface area contributed by atoms with Crippen LogP contribution >= 0.6 is 0 Å². The fourth-order valence-electron chi connectivity index (χ4n) is 7.99.